The smallest absolute Gasteiger partial charge is 0.264 e. The maximum atomic E-state index is 12.7. The van der Waals surface area contributed by atoms with Gasteiger partial charge in [-0.25, -0.2) is 8.42 Å². The number of hydrogen-bond acceptors (Lipinski definition) is 3. The molecule has 0 radical (unpaired) electrons. The van der Waals surface area contributed by atoms with Crippen molar-refractivity contribution in [3.8, 4) is 0 Å². The third kappa shape index (κ3) is 4.69. The van der Waals surface area contributed by atoms with Crippen LogP contribution in [0, 0.1) is 0 Å². The van der Waals surface area contributed by atoms with Crippen molar-refractivity contribution in [2.75, 3.05) is 24.4 Å². The summed E-state index contributed by atoms with van der Waals surface area (Å²) in [6.45, 7) is 1.68. The lowest BCUT2D eigenvalue weighted by molar-refractivity contribution is -0.130. The van der Waals surface area contributed by atoms with Crippen molar-refractivity contribution in [2.45, 2.75) is 37.0 Å². The second kappa shape index (κ2) is 8.57. The molecule has 1 heterocycles. The Labute approximate surface area is 161 Å². The Morgan fingerprint density at radius 2 is 1.52 bits per heavy atom. The van der Waals surface area contributed by atoms with Crippen molar-refractivity contribution in [1.29, 1.82) is 0 Å². The van der Waals surface area contributed by atoms with E-state index >= 15 is 0 Å². The molecule has 1 amide bonds. The molecule has 3 rings (SSSR count). The quantitative estimate of drug-likeness (QED) is 0.791. The van der Waals surface area contributed by atoms with Crippen molar-refractivity contribution in [2.24, 2.45) is 0 Å². The van der Waals surface area contributed by atoms with E-state index in [1.54, 1.807) is 49.5 Å². The van der Waals surface area contributed by atoms with Crippen molar-refractivity contribution in [3.63, 3.8) is 0 Å². The van der Waals surface area contributed by atoms with Crippen LogP contribution in [-0.2, 0) is 21.2 Å². The van der Waals surface area contributed by atoms with Crippen molar-refractivity contribution < 1.29 is 13.2 Å². The van der Waals surface area contributed by atoms with E-state index < -0.39 is 10.0 Å². The second-order valence-corrected chi connectivity index (χ2v) is 8.89. The van der Waals surface area contributed by atoms with Gasteiger partial charge in [0.25, 0.3) is 10.0 Å². The minimum absolute atomic E-state index is 0.148. The van der Waals surface area contributed by atoms with Gasteiger partial charge in [-0.05, 0) is 42.7 Å². The van der Waals surface area contributed by atoms with Crippen LogP contribution in [0.15, 0.2) is 59.5 Å². The molecule has 0 spiro atoms. The first-order chi connectivity index (χ1) is 13.0. The van der Waals surface area contributed by atoms with E-state index in [9.17, 15) is 13.2 Å². The summed E-state index contributed by atoms with van der Waals surface area (Å²) >= 11 is 0. The summed E-state index contributed by atoms with van der Waals surface area (Å²) in [4.78, 5) is 14.7. The first kappa shape index (κ1) is 19.4. The lowest BCUT2D eigenvalue weighted by atomic mass is 10.1. The van der Waals surface area contributed by atoms with Gasteiger partial charge in [0, 0.05) is 20.1 Å². The highest BCUT2D eigenvalue weighted by molar-refractivity contribution is 7.92. The molecular formula is C21H26N2O3S. The molecule has 1 saturated heterocycles. The van der Waals surface area contributed by atoms with Crippen molar-refractivity contribution in [1.82, 2.24) is 4.90 Å². The lowest BCUT2D eigenvalue weighted by Crippen LogP contribution is -2.33. The molecule has 0 saturated carbocycles. The monoisotopic (exact) mass is 386 g/mol. The van der Waals surface area contributed by atoms with Crippen LogP contribution in [0.25, 0.3) is 0 Å². The fraction of sp³-hybridized carbons (Fsp3) is 0.381. The number of carbonyl (C=O) groups excluding carboxylic acids is 1. The average molecular weight is 387 g/mol. The SMILES string of the molecule is CN(c1ccc(CC(=O)N2CCCCCC2)cc1)S(=O)(=O)c1ccccc1. The van der Waals surface area contributed by atoms with Crippen LogP contribution in [0.3, 0.4) is 0 Å². The van der Waals surface area contributed by atoms with Crippen LogP contribution in [0.5, 0.6) is 0 Å². The topological polar surface area (TPSA) is 57.7 Å². The lowest BCUT2D eigenvalue weighted by Gasteiger charge is -2.21. The Morgan fingerprint density at radius 1 is 0.926 bits per heavy atom. The first-order valence-electron chi connectivity index (χ1n) is 9.39. The van der Waals surface area contributed by atoms with Crippen LogP contribution in [0.4, 0.5) is 5.69 Å². The molecule has 0 atom stereocenters. The molecule has 27 heavy (non-hydrogen) atoms. The van der Waals surface area contributed by atoms with E-state index in [0.29, 0.717) is 12.1 Å². The van der Waals surface area contributed by atoms with Gasteiger partial charge in [0.2, 0.25) is 5.91 Å². The van der Waals surface area contributed by atoms with E-state index in [1.807, 2.05) is 17.0 Å². The molecule has 1 aliphatic heterocycles. The third-order valence-corrected chi connectivity index (χ3v) is 6.82. The Bertz CT molecular complexity index is 856. The van der Waals surface area contributed by atoms with Crippen molar-refractivity contribution >= 4 is 21.6 Å². The van der Waals surface area contributed by atoms with Gasteiger partial charge in [-0.1, -0.05) is 43.2 Å². The van der Waals surface area contributed by atoms with Crippen LogP contribution in [-0.4, -0.2) is 39.4 Å². The minimum Gasteiger partial charge on any atom is -0.342 e. The summed E-state index contributed by atoms with van der Waals surface area (Å²) < 4.78 is 26.7. The largest absolute Gasteiger partial charge is 0.342 e. The summed E-state index contributed by atoms with van der Waals surface area (Å²) in [7, 11) is -2.05. The predicted molar refractivity (Wildman–Crippen MR) is 107 cm³/mol. The van der Waals surface area contributed by atoms with Gasteiger partial charge >= 0.3 is 0 Å². The number of rotatable bonds is 5. The second-order valence-electron chi connectivity index (χ2n) is 6.92. The van der Waals surface area contributed by atoms with E-state index in [-0.39, 0.29) is 10.8 Å². The summed E-state index contributed by atoms with van der Waals surface area (Å²) in [5.74, 6) is 0.148. The Balaban J connectivity index is 1.68. The Hall–Kier alpha value is -2.34. The molecule has 0 aromatic heterocycles. The molecule has 0 aliphatic carbocycles. The molecule has 0 bridgehead atoms. The molecule has 1 aliphatic rings. The molecule has 5 nitrogen and oxygen atoms in total. The summed E-state index contributed by atoms with van der Waals surface area (Å²) in [5.41, 5.74) is 1.48. The van der Waals surface area contributed by atoms with E-state index in [4.69, 9.17) is 0 Å². The zero-order chi connectivity index (χ0) is 19.3. The summed E-state index contributed by atoms with van der Waals surface area (Å²) in [6, 6.07) is 15.5. The zero-order valence-corrected chi connectivity index (χ0v) is 16.5. The van der Waals surface area contributed by atoms with Gasteiger partial charge in [-0.15, -0.1) is 0 Å². The molecule has 0 N–H and O–H groups in total. The Kier molecular flexibility index (Phi) is 6.16. The normalized spacial score (nSPS) is 15.2. The zero-order valence-electron chi connectivity index (χ0n) is 15.7. The highest BCUT2D eigenvalue weighted by Gasteiger charge is 2.21. The van der Waals surface area contributed by atoms with Crippen LogP contribution in [0.2, 0.25) is 0 Å². The number of hydrogen-bond donors (Lipinski definition) is 0. The van der Waals surface area contributed by atoms with E-state index in [0.717, 1.165) is 31.5 Å². The molecule has 144 valence electrons. The molecule has 6 heteroatoms. The number of nitrogens with zero attached hydrogens (tertiary/aromatic N) is 2. The predicted octanol–water partition coefficient (Wildman–Crippen LogP) is 3.46. The van der Waals surface area contributed by atoms with Gasteiger partial charge in [-0.2, -0.15) is 0 Å². The van der Waals surface area contributed by atoms with Gasteiger partial charge in [0.15, 0.2) is 0 Å². The highest BCUT2D eigenvalue weighted by atomic mass is 32.2. The molecule has 2 aromatic rings. The van der Waals surface area contributed by atoms with E-state index in [2.05, 4.69) is 0 Å². The average Bonchev–Trinajstić information content (AvgIpc) is 2.98. The molecule has 2 aromatic carbocycles. The van der Waals surface area contributed by atoms with Gasteiger partial charge in [0.1, 0.15) is 0 Å². The number of sulfonamides is 1. The number of carbonyl (C=O) groups is 1. The third-order valence-electron chi connectivity index (χ3n) is 5.02. The maximum absolute atomic E-state index is 12.7. The summed E-state index contributed by atoms with van der Waals surface area (Å²) in [5, 5.41) is 0. The molecule has 1 fully saturated rings. The maximum Gasteiger partial charge on any atom is 0.264 e. The number of anilines is 1. The van der Waals surface area contributed by atoms with Crippen LogP contribution < -0.4 is 4.31 Å². The standard InChI is InChI=1S/C21H26N2O3S/c1-22(27(25,26)20-9-5-4-6-10-20)19-13-11-18(12-14-19)17-21(24)23-15-7-2-3-8-16-23/h4-6,9-14H,2-3,7-8,15-17H2,1H3. The first-order valence-corrected chi connectivity index (χ1v) is 10.8. The number of amides is 1. The van der Waals surface area contributed by atoms with E-state index in [1.165, 1.54) is 17.1 Å². The number of benzene rings is 2. The van der Waals surface area contributed by atoms with Crippen molar-refractivity contribution in [3.05, 3.63) is 60.2 Å². The van der Waals surface area contributed by atoms with Gasteiger partial charge in [0.05, 0.1) is 17.0 Å². The number of likely N-dealkylation sites (tertiary alicyclic amines) is 1. The highest BCUT2D eigenvalue weighted by Crippen LogP contribution is 2.22. The van der Waals surface area contributed by atoms with Gasteiger partial charge < -0.3 is 4.90 Å². The fourth-order valence-electron chi connectivity index (χ4n) is 3.32. The molecule has 0 unspecified atom stereocenters. The van der Waals surface area contributed by atoms with Gasteiger partial charge in [-0.3, -0.25) is 9.10 Å². The minimum atomic E-state index is -3.59. The fourth-order valence-corrected chi connectivity index (χ4v) is 4.54. The Morgan fingerprint density at radius 3 is 2.11 bits per heavy atom. The molecular weight excluding hydrogens is 360 g/mol. The van der Waals surface area contributed by atoms with Crippen LogP contribution >= 0.6 is 0 Å². The van der Waals surface area contributed by atoms with Crippen LogP contribution in [0.1, 0.15) is 31.2 Å². The summed E-state index contributed by atoms with van der Waals surface area (Å²) in [6.07, 6.45) is 4.90.